The highest BCUT2D eigenvalue weighted by atomic mass is 35.5. The zero-order valence-corrected chi connectivity index (χ0v) is 13.3. The minimum atomic E-state index is -0.308. The summed E-state index contributed by atoms with van der Waals surface area (Å²) >= 11 is 5.74. The van der Waals surface area contributed by atoms with E-state index in [-0.39, 0.29) is 23.2 Å². The van der Waals surface area contributed by atoms with Crippen LogP contribution in [0.25, 0.3) is 0 Å². The first-order chi connectivity index (χ1) is 9.84. The summed E-state index contributed by atoms with van der Waals surface area (Å²) in [6.07, 6.45) is 0. The van der Waals surface area contributed by atoms with E-state index in [9.17, 15) is 4.79 Å². The molecule has 1 aromatic carbocycles. The lowest BCUT2D eigenvalue weighted by Crippen LogP contribution is -2.30. The highest BCUT2D eigenvalue weighted by molar-refractivity contribution is 6.30. The maximum atomic E-state index is 12.3. The molecule has 0 aliphatic heterocycles. The van der Waals surface area contributed by atoms with Gasteiger partial charge in [0.2, 0.25) is 11.8 Å². The van der Waals surface area contributed by atoms with Crippen LogP contribution in [0.4, 0.5) is 11.7 Å². The van der Waals surface area contributed by atoms with E-state index >= 15 is 0 Å². The van der Waals surface area contributed by atoms with Gasteiger partial charge in [0, 0.05) is 6.92 Å². The Morgan fingerprint density at radius 2 is 1.95 bits per heavy atom. The van der Waals surface area contributed by atoms with Crippen LogP contribution in [0.5, 0.6) is 0 Å². The second-order valence-electron chi connectivity index (χ2n) is 5.73. The lowest BCUT2D eigenvalue weighted by Gasteiger charge is -2.27. The molecule has 0 spiro atoms. The number of alkyl halides is 1. The monoisotopic (exact) mass is 307 g/mol. The molecule has 1 aromatic heterocycles. The number of hydrogen-bond acceptors (Lipinski definition) is 4. The average Bonchev–Trinajstić information content (AvgIpc) is 2.84. The molecule has 2 aromatic rings. The van der Waals surface area contributed by atoms with Crippen molar-refractivity contribution in [1.29, 1.82) is 0 Å². The third-order valence-corrected chi connectivity index (χ3v) is 3.25. The maximum Gasteiger partial charge on any atom is 0.329 e. The number of anilines is 2. The van der Waals surface area contributed by atoms with Crippen LogP contribution in [0.15, 0.2) is 28.7 Å². The van der Waals surface area contributed by atoms with Crippen LogP contribution in [0.1, 0.15) is 32.2 Å². The summed E-state index contributed by atoms with van der Waals surface area (Å²) in [7, 11) is 0. The van der Waals surface area contributed by atoms with Crippen molar-refractivity contribution < 1.29 is 9.21 Å². The maximum absolute atomic E-state index is 12.3. The van der Waals surface area contributed by atoms with Crippen molar-refractivity contribution in [3.05, 3.63) is 35.7 Å². The van der Waals surface area contributed by atoms with Crippen molar-refractivity contribution >= 4 is 29.2 Å². The summed E-state index contributed by atoms with van der Waals surface area (Å²) in [5, 5.41) is 7.73. The molecule has 0 radical (unpaired) electrons. The molecule has 1 heterocycles. The molecule has 0 unspecified atom stereocenters. The third kappa shape index (κ3) is 3.24. The summed E-state index contributed by atoms with van der Waals surface area (Å²) < 4.78 is 5.41. The number of carbonyl (C=O) groups excluding carboxylic acids is 1. The number of para-hydroxylation sites is 1. The van der Waals surface area contributed by atoms with Gasteiger partial charge in [-0.3, -0.25) is 4.79 Å². The molecule has 0 atom stereocenters. The summed E-state index contributed by atoms with van der Waals surface area (Å²) in [6.45, 7) is 7.91. The van der Waals surface area contributed by atoms with Crippen LogP contribution >= 0.6 is 11.6 Å². The number of halogens is 1. The topological polar surface area (TPSA) is 59.2 Å². The minimum Gasteiger partial charge on any atom is -0.408 e. The lowest BCUT2D eigenvalue weighted by atomic mass is 9.85. The lowest BCUT2D eigenvalue weighted by molar-refractivity contribution is -0.115. The number of hydrogen-bond donors (Lipinski definition) is 0. The van der Waals surface area contributed by atoms with Gasteiger partial charge in [-0.05, 0) is 17.0 Å². The molecule has 0 N–H and O–H groups in total. The molecule has 0 saturated carbocycles. The van der Waals surface area contributed by atoms with Crippen LogP contribution in [0.3, 0.4) is 0 Å². The summed E-state index contributed by atoms with van der Waals surface area (Å²) in [5.41, 5.74) is 1.56. The number of nitrogens with zero attached hydrogens (tertiary/aromatic N) is 3. The molecule has 1 amide bonds. The Kier molecular flexibility index (Phi) is 4.32. The van der Waals surface area contributed by atoms with E-state index in [0.717, 1.165) is 5.56 Å². The van der Waals surface area contributed by atoms with Gasteiger partial charge in [0.15, 0.2) is 0 Å². The van der Waals surface area contributed by atoms with Crippen molar-refractivity contribution in [3.63, 3.8) is 0 Å². The number of carbonyl (C=O) groups is 1. The normalized spacial score (nSPS) is 11.5. The van der Waals surface area contributed by atoms with E-state index in [1.54, 1.807) is 6.92 Å². The summed E-state index contributed by atoms with van der Waals surface area (Å²) in [4.78, 5) is 13.7. The fourth-order valence-corrected chi connectivity index (χ4v) is 2.20. The van der Waals surface area contributed by atoms with Gasteiger partial charge in [0.25, 0.3) is 0 Å². The van der Waals surface area contributed by atoms with Crippen molar-refractivity contribution in [2.24, 2.45) is 0 Å². The fraction of sp³-hybridized carbons (Fsp3) is 0.400. The molecule has 0 aliphatic rings. The predicted molar refractivity (Wildman–Crippen MR) is 82.0 cm³/mol. The molecule has 0 fully saturated rings. The Labute approximate surface area is 128 Å². The van der Waals surface area contributed by atoms with E-state index in [1.165, 1.54) is 4.90 Å². The first-order valence-electron chi connectivity index (χ1n) is 6.63. The molecule has 0 aliphatic carbocycles. The van der Waals surface area contributed by atoms with E-state index in [4.69, 9.17) is 16.0 Å². The Bertz CT molecular complexity index is 646. The van der Waals surface area contributed by atoms with Gasteiger partial charge >= 0.3 is 6.01 Å². The van der Waals surface area contributed by atoms with Gasteiger partial charge in [-0.1, -0.05) is 44.1 Å². The number of aromatic nitrogens is 2. The Balaban J connectivity index is 2.60. The molecular weight excluding hydrogens is 290 g/mol. The van der Waals surface area contributed by atoms with Crippen molar-refractivity contribution in [2.45, 2.75) is 33.1 Å². The highest BCUT2D eigenvalue weighted by Crippen LogP contribution is 2.35. The van der Waals surface area contributed by atoms with E-state index in [2.05, 4.69) is 31.0 Å². The quantitative estimate of drug-likeness (QED) is 0.813. The highest BCUT2D eigenvalue weighted by Gasteiger charge is 2.28. The first-order valence-corrected chi connectivity index (χ1v) is 7.16. The first kappa shape index (κ1) is 15.5. The van der Waals surface area contributed by atoms with Crippen molar-refractivity contribution in [1.82, 2.24) is 10.2 Å². The van der Waals surface area contributed by atoms with Gasteiger partial charge in [-0.2, -0.15) is 0 Å². The van der Waals surface area contributed by atoms with Crippen LogP contribution in [0, 0.1) is 6.92 Å². The van der Waals surface area contributed by atoms with Crippen LogP contribution < -0.4 is 4.90 Å². The van der Waals surface area contributed by atoms with Gasteiger partial charge in [-0.25, -0.2) is 4.90 Å². The standard InChI is InChI=1S/C15H18ClN3O2/c1-10-17-18-14(21-10)19(13(20)9-16)12-8-6-5-7-11(12)15(2,3)4/h5-8H,9H2,1-4H3. The molecule has 2 rings (SSSR count). The molecule has 21 heavy (non-hydrogen) atoms. The molecule has 0 saturated heterocycles. The summed E-state index contributed by atoms with van der Waals surface area (Å²) in [6, 6.07) is 7.77. The Morgan fingerprint density at radius 1 is 1.29 bits per heavy atom. The molecule has 0 bridgehead atoms. The van der Waals surface area contributed by atoms with Gasteiger partial charge in [0.1, 0.15) is 5.88 Å². The van der Waals surface area contributed by atoms with E-state index in [1.807, 2.05) is 24.3 Å². The van der Waals surface area contributed by atoms with Crippen LogP contribution in [0.2, 0.25) is 0 Å². The SMILES string of the molecule is Cc1nnc(N(C(=O)CCl)c2ccccc2C(C)(C)C)o1. The smallest absolute Gasteiger partial charge is 0.329 e. The van der Waals surface area contributed by atoms with Crippen LogP contribution in [-0.4, -0.2) is 22.0 Å². The van der Waals surface area contributed by atoms with Gasteiger partial charge in [0.05, 0.1) is 5.69 Å². The minimum absolute atomic E-state index is 0.134. The van der Waals surface area contributed by atoms with Crippen molar-refractivity contribution in [2.75, 3.05) is 10.8 Å². The Hall–Kier alpha value is -1.88. The Morgan fingerprint density at radius 3 is 2.48 bits per heavy atom. The number of benzene rings is 1. The summed E-state index contributed by atoms with van der Waals surface area (Å²) in [5.74, 6) is -0.0810. The number of amides is 1. The fourth-order valence-electron chi connectivity index (χ4n) is 2.08. The second-order valence-corrected chi connectivity index (χ2v) is 6.00. The third-order valence-electron chi connectivity index (χ3n) is 3.02. The van der Waals surface area contributed by atoms with Gasteiger partial charge in [-0.15, -0.1) is 16.7 Å². The van der Waals surface area contributed by atoms with Gasteiger partial charge < -0.3 is 4.42 Å². The van der Waals surface area contributed by atoms with E-state index in [0.29, 0.717) is 11.6 Å². The van der Waals surface area contributed by atoms with Crippen molar-refractivity contribution in [3.8, 4) is 0 Å². The number of aryl methyl sites for hydroxylation is 1. The van der Waals surface area contributed by atoms with Crippen LogP contribution in [-0.2, 0) is 10.2 Å². The average molecular weight is 308 g/mol. The number of rotatable bonds is 3. The molecular formula is C15H18ClN3O2. The zero-order valence-electron chi connectivity index (χ0n) is 12.6. The molecule has 6 heteroatoms. The zero-order chi connectivity index (χ0) is 15.6. The predicted octanol–water partition coefficient (Wildman–Crippen LogP) is 3.58. The molecule has 5 nitrogen and oxygen atoms in total. The van der Waals surface area contributed by atoms with E-state index < -0.39 is 0 Å². The molecule has 112 valence electrons. The largest absolute Gasteiger partial charge is 0.408 e. The second kappa shape index (κ2) is 5.85.